The first-order valence-electron chi connectivity index (χ1n) is 10.6. The molecule has 2 N–H and O–H groups in total. The Morgan fingerprint density at radius 2 is 2.19 bits per heavy atom. The molecule has 0 unspecified atom stereocenters. The van der Waals surface area contributed by atoms with Gasteiger partial charge in [0.05, 0.1) is 11.0 Å². The van der Waals surface area contributed by atoms with E-state index in [1.165, 1.54) is 17.7 Å². The minimum absolute atomic E-state index is 0.0801. The lowest BCUT2D eigenvalue weighted by Crippen LogP contribution is -2.47. The number of ether oxygens (including phenoxy) is 1. The van der Waals surface area contributed by atoms with E-state index in [0.717, 1.165) is 22.4 Å². The van der Waals surface area contributed by atoms with Crippen LogP contribution in [-0.2, 0) is 11.3 Å². The number of halogens is 1. The molecule has 2 heterocycles. The molecule has 0 amide bonds. The molecule has 0 fully saturated rings. The van der Waals surface area contributed by atoms with E-state index in [2.05, 4.69) is 21.2 Å². The van der Waals surface area contributed by atoms with Gasteiger partial charge in [0, 0.05) is 36.6 Å². The number of H-pyrrole nitrogens is 1. The Hall–Kier alpha value is -2.93. The third-order valence-electron chi connectivity index (χ3n) is 5.74. The van der Waals surface area contributed by atoms with Gasteiger partial charge in [-0.3, -0.25) is 0 Å². The molecule has 3 aromatic rings. The van der Waals surface area contributed by atoms with Crippen molar-refractivity contribution in [2.24, 2.45) is 11.1 Å². The van der Waals surface area contributed by atoms with Crippen molar-refractivity contribution < 1.29 is 19.1 Å². The first-order valence-corrected chi connectivity index (χ1v) is 10.6. The molecule has 0 radical (unpaired) electrons. The summed E-state index contributed by atoms with van der Waals surface area (Å²) in [6, 6.07) is 10.6. The number of aromatic nitrogens is 2. The Bertz CT molecular complexity index is 1090. The normalized spacial score (nSPS) is 20.9. The number of aryl methyl sites for hydroxylation is 1. The molecule has 0 spiro atoms. The molecule has 7 heteroatoms. The predicted octanol–water partition coefficient (Wildman–Crippen LogP) is 4.51. The molecule has 1 aliphatic heterocycles. The molecule has 0 saturated heterocycles. The number of aromatic amines is 1. The predicted molar refractivity (Wildman–Crippen MR) is 118 cm³/mol. The monoisotopic (exact) mass is 425 g/mol. The Morgan fingerprint density at radius 3 is 3.00 bits per heavy atom. The van der Waals surface area contributed by atoms with E-state index in [1.807, 2.05) is 32.9 Å². The summed E-state index contributed by atoms with van der Waals surface area (Å²) in [7, 11) is 0. The standard InChI is InChI=1S/C24H28FN3O3/c1-15(2)23-18-6-5-17(25)13-21(18)30-14-24(23,29)9-10-26-31-11-8-22-27-19-7-4-16(3)12-20(19)28-22/h4-7,10,12-13,15,23,29H,8-9,11,14H2,1-3H3,(H,27,28)/t23-,24+/m0/s1. The van der Waals surface area contributed by atoms with Gasteiger partial charge >= 0.3 is 0 Å². The van der Waals surface area contributed by atoms with Crippen LogP contribution in [0.1, 0.15) is 43.1 Å². The van der Waals surface area contributed by atoms with Crippen LogP contribution in [0.25, 0.3) is 11.0 Å². The molecular formula is C24H28FN3O3. The van der Waals surface area contributed by atoms with Gasteiger partial charge in [-0.25, -0.2) is 9.37 Å². The van der Waals surface area contributed by atoms with Gasteiger partial charge in [-0.15, -0.1) is 0 Å². The number of nitrogens with one attached hydrogen (secondary N) is 1. The fourth-order valence-electron chi connectivity index (χ4n) is 4.38. The molecule has 0 bridgehead atoms. The molecule has 164 valence electrons. The quantitative estimate of drug-likeness (QED) is 0.332. The minimum Gasteiger partial charge on any atom is -0.490 e. The van der Waals surface area contributed by atoms with Crippen molar-refractivity contribution in [2.45, 2.75) is 45.1 Å². The summed E-state index contributed by atoms with van der Waals surface area (Å²) >= 11 is 0. The summed E-state index contributed by atoms with van der Waals surface area (Å²) in [5.74, 6) is 0.948. The van der Waals surface area contributed by atoms with Gasteiger partial charge in [-0.2, -0.15) is 0 Å². The average molecular weight is 426 g/mol. The van der Waals surface area contributed by atoms with E-state index in [0.29, 0.717) is 18.8 Å². The van der Waals surface area contributed by atoms with Gasteiger partial charge in [-0.1, -0.05) is 31.1 Å². The van der Waals surface area contributed by atoms with Crippen molar-refractivity contribution in [1.29, 1.82) is 0 Å². The molecule has 4 rings (SSSR count). The zero-order valence-corrected chi connectivity index (χ0v) is 18.1. The second kappa shape index (κ2) is 8.67. The number of benzene rings is 2. The average Bonchev–Trinajstić information content (AvgIpc) is 3.12. The Kier molecular flexibility index (Phi) is 5.96. The second-order valence-electron chi connectivity index (χ2n) is 8.58. The van der Waals surface area contributed by atoms with Crippen LogP contribution in [0.2, 0.25) is 0 Å². The van der Waals surface area contributed by atoms with E-state index in [9.17, 15) is 9.50 Å². The van der Waals surface area contributed by atoms with E-state index in [1.54, 1.807) is 12.3 Å². The van der Waals surface area contributed by atoms with Crippen molar-refractivity contribution in [1.82, 2.24) is 9.97 Å². The molecule has 1 aromatic heterocycles. The zero-order chi connectivity index (χ0) is 22.0. The molecule has 2 atom stereocenters. The van der Waals surface area contributed by atoms with Gasteiger partial charge in [0.25, 0.3) is 0 Å². The molecule has 0 saturated carbocycles. The van der Waals surface area contributed by atoms with Crippen LogP contribution in [0, 0.1) is 18.7 Å². The highest BCUT2D eigenvalue weighted by Gasteiger charge is 2.44. The Morgan fingerprint density at radius 1 is 1.35 bits per heavy atom. The van der Waals surface area contributed by atoms with Gasteiger partial charge in [0.2, 0.25) is 0 Å². The highest BCUT2D eigenvalue weighted by molar-refractivity contribution is 5.75. The second-order valence-corrected chi connectivity index (χ2v) is 8.58. The lowest BCUT2D eigenvalue weighted by Gasteiger charge is -2.42. The Balaban J connectivity index is 1.34. The van der Waals surface area contributed by atoms with Gasteiger partial charge < -0.3 is 19.7 Å². The number of imidazole rings is 1. The smallest absolute Gasteiger partial charge is 0.126 e. The van der Waals surface area contributed by atoms with E-state index in [-0.39, 0.29) is 30.7 Å². The molecular weight excluding hydrogens is 397 g/mol. The summed E-state index contributed by atoms with van der Waals surface area (Å²) in [5, 5.41) is 15.3. The number of fused-ring (bicyclic) bond motifs is 2. The van der Waals surface area contributed by atoms with Gasteiger partial charge in [0.15, 0.2) is 0 Å². The number of nitrogens with zero attached hydrogens (tertiary/aromatic N) is 2. The highest BCUT2D eigenvalue weighted by atomic mass is 19.1. The SMILES string of the molecule is Cc1ccc2nc(CCON=CC[C@@]3(O)COc4cc(F)ccc4[C@@H]3C(C)C)[nH]c2c1. The lowest BCUT2D eigenvalue weighted by atomic mass is 9.72. The zero-order valence-electron chi connectivity index (χ0n) is 18.1. The van der Waals surface area contributed by atoms with Crippen LogP contribution in [0.15, 0.2) is 41.6 Å². The Labute approximate surface area is 181 Å². The maximum Gasteiger partial charge on any atom is 0.126 e. The summed E-state index contributed by atoms with van der Waals surface area (Å²) in [6.07, 6.45) is 2.46. The number of hydrogen-bond donors (Lipinski definition) is 2. The van der Waals surface area contributed by atoms with Crippen LogP contribution in [0.3, 0.4) is 0 Å². The number of rotatable bonds is 7. The molecule has 31 heavy (non-hydrogen) atoms. The maximum absolute atomic E-state index is 13.6. The summed E-state index contributed by atoms with van der Waals surface area (Å²) in [4.78, 5) is 13.2. The number of aliphatic hydroxyl groups is 1. The first kappa shape index (κ1) is 21.3. The van der Waals surface area contributed by atoms with Crippen molar-refractivity contribution in [3.8, 4) is 5.75 Å². The molecule has 1 aliphatic rings. The van der Waals surface area contributed by atoms with Gasteiger partial charge in [0.1, 0.15) is 36.2 Å². The molecule has 6 nitrogen and oxygen atoms in total. The highest BCUT2D eigenvalue weighted by Crippen LogP contribution is 2.45. The van der Waals surface area contributed by atoms with Gasteiger partial charge in [-0.05, 0) is 36.6 Å². The molecule has 2 aromatic carbocycles. The van der Waals surface area contributed by atoms with Crippen molar-refractivity contribution in [3.63, 3.8) is 0 Å². The van der Waals surface area contributed by atoms with Crippen LogP contribution < -0.4 is 4.74 Å². The lowest BCUT2D eigenvalue weighted by molar-refractivity contribution is -0.0481. The van der Waals surface area contributed by atoms with Crippen molar-refractivity contribution in [3.05, 3.63) is 59.2 Å². The van der Waals surface area contributed by atoms with E-state index >= 15 is 0 Å². The summed E-state index contributed by atoms with van der Waals surface area (Å²) in [5.41, 5.74) is 2.81. The van der Waals surface area contributed by atoms with Crippen LogP contribution >= 0.6 is 0 Å². The first-order chi connectivity index (χ1) is 14.9. The van der Waals surface area contributed by atoms with E-state index < -0.39 is 5.60 Å². The largest absolute Gasteiger partial charge is 0.490 e. The fraction of sp³-hybridized carbons (Fsp3) is 0.417. The van der Waals surface area contributed by atoms with Crippen molar-refractivity contribution in [2.75, 3.05) is 13.2 Å². The number of oxime groups is 1. The van der Waals surface area contributed by atoms with Crippen LogP contribution in [0.4, 0.5) is 4.39 Å². The fourth-order valence-corrected chi connectivity index (χ4v) is 4.38. The number of hydrogen-bond acceptors (Lipinski definition) is 5. The van der Waals surface area contributed by atoms with E-state index in [4.69, 9.17) is 9.57 Å². The third kappa shape index (κ3) is 4.56. The topological polar surface area (TPSA) is 79.7 Å². The van der Waals surface area contributed by atoms with Crippen LogP contribution in [0.5, 0.6) is 5.75 Å². The van der Waals surface area contributed by atoms with Crippen LogP contribution in [-0.4, -0.2) is 40.1 Å². The summed E-state index contributed by atoms with van der Waals surface area (Å²) in [6.45, 7) is 6.58. The summed E-state index contributed by atoms with van der Waals surface area (Å²) < 4.78 is 19.2. The maximum atomic E-state index is 13.6. The minimum atomic E-state index is -1.14. The molecule has 0 aliphatic carbocycles. The third-order valence-corrected chi connectivity index (χ3v) is 5.74. The van der Waals surface area contributed by atoms with Crippen molar-refractivity contribution >= 4 is 17.2 Å².